The van der Waals surface area contributed by atoms with Crippen LogP contribution < -0.4 is 0 Å². The molecule has 134 valence electrons. The molecule has 0 fully saturated rings. The lowest BCUT2D eigenvalue weighted by Gasteiger charge is -2.08. The van der Waals surface area contributed by atoms with Crippen LogP contribution in [-0.4, -0.2) is 20.5 Å². The van der Waals surface area contributed by atoms with Crippen molar-refractivity contribution in [3.05, 3.63) is 89.4 Å². The summed E-state index contributed by atoms with van der Waals surface area (Å²) in [4.78, 5) is 17.2. The Kier molecular flexibility index (Phi) is 4.24. The van der Waals surface area contributed by atoms with Crippen molar-refractivity contribution in [2.75, 3.05) is 0 Å². The first-order chi connectivity index (χ1) is 13.0. The zero-order valence-electron chi connectivity index (χ0n) is 14.5. The summed E-state index contributed by atoms with van der Waals surface area (Å²) in [6.45, 7) is 1.61. The number of hydrogen-bond acceptors (Lipinski definition) is 3. The van der Waals surface area contributed by atoms with E-state index in [4.69, 9.17) is 0 Å². The fourth-order valence-electron chi connectivity index (χ4n) is 3.07. The third-order valence-electron chi connectivity index (χ3n) is 4.46. The molecule has 4 aromatic rings. The number of aromatic nitrogens is 3. The van der Waals surface area contributed by atoms with Crippen molar-refractivity contribution in [2.24, 2.45) is 0 Å². The topological polar surface area (TPSA) is 47.8 Å². The van der Waals surface area contributed by atoms with Crippen LogP contribution in [0.2, 0.25) is 0 Å². The largest absolute Gasteiger partial charge is 0.294 e. The second kappa shape index (κ2) is 6.72. The molecule has 0 aliphatic rings. The minimum atomic E-state index is -0.739. The van der Waals surface area contributed by atoms with E-state index < -0.39 is 11.6 Å². The van der Waals surface area contributed by atoms with Crippen molar-refractivity contribution in [1.82, 2.24) is 14.8 Å². The SMILES string of the molecule is Cc1c(C(=O)Cc2ccc3ccccc3n2)cnn1-c1c(F)cccc1F. The first kappa shape index (κ1) is 17.0. The molecule has 0 N–H and O–H groups in total. The van der Waals surface area contributed by atoms with Crippen molar-refractivity contribution in [3.63, 3.8) is 0 Å². The maximum atomic E-state index is 14.0. The molecular weight excluding hydrogens is 348 g/mol. The van der Waals surface area contributed by atoms with Crippen molar-refractivity contribution in [1.29, 1.82) is 0 Å². The number of pyridine rings is 1. The number of carbonyl (C=O) groups is 1. The van der Waals surface area contributed by atoms with Crippen LogP contribution >= 0.6 is 0 Å². The molecule has 0 unspecified atom stereocenters. The molecule has 0 amide bonds. The van der Waals surface area contributed by atoms with Crippen molar-refractivity contribution in [2.45, 2.75) is 13.3 Å². The minimum Gasteiger partial charge on any atom is -0.294 e. The van der Waals surface area contributed by atoms with Crippen LogP contribution in [0.3, 0.4) is 0 Å². The highest BCUT2D eigenvalue weighted by molar-refractivity contribution is 5.98. The second-order valence-corrected chi connectivity index (χ2v) is 6.22. The summed E-state index contributed by atoms with van der Waals surface area (Å²) in [5.74, 6) is -1.69. The monoisotopic (exact) mass is 363 g/mol. The van der Waals surface area contributed by atoms with Gasteiger partial charge in [-0.2, -0.15) is 5.10 Å². The van der Waals surface area contributed by atoms with Crippen LogP contribution in [0.5, 0.6) is 0 Å². The van der Waals surface area contributed by atoms with Gasteiger partial charge in [0.05, 0.1) is 29.4 Å². The van der Waals surface area contributed by atoms with Crippen molar-refractivity contribution < 1.29 is 13.6 Å². The lowest BCUT2D eigenvalue weighted by Crippen LogP contribution is -2.09. The smallest absolute Gasteiger partial charge is 0.172 e. The summed E-state index contributed by atoms with van der Waals surface area (Å²) in [6, 6.07) is 14.9. The van der Waals surface area contributed by atoms with Gasteiger partial charge < -0.3 is 0 Å². The van der Waals surface area contributed by atoms with E-state index in [9.17, 15) is 13.6 Å². The van der Waals surface area contributed by atoms with E-state index in [2.05, 4.69) is 10.1 Å². The molecular formula is C21H15F2N3O. The van der Waals surface area contributed by atoms with E-state index in [0.717, 1.165) is 27.7 Å². The molecule has 0 aliphatic carbocycles. The zero-order chi connectivity index (χ0) is 19.0. The first-order valence-electron chi connectivity index (χ1n) is 8.41. The lowest BCUT2D eigenvalue weighted by atomic mass is 10.1. The fraction of sp³-hybridized carbons (Fsp3) is 0.0952. The molecule has 0 aliphatic heterocycles. The quantitative estimate of drug-likeness (QED) is 0.504. The Morgan fingerprint density at radius 3 is 2.52 bits per heavy atom. The van der Waals surface area contributed by atoms with Crippen LogP contribution in [0.4, 0.5) is 8.78 Å². The number of Topliss-reactive ketones (excluding diaryl/α,β-unsaturated/α-hetero) is 1. The number of rotatable bonds is 4. The van der Waals surface area contributed by atoms with Gasteiger partial charge in [0.25, 0.3) is 0 Å². The van der Waals surface area contributed by atoms with Gasteiger partial charge in [0, 0.05) is 11.1 Å². The highest BCUT2D eigenvalue weighted by Crippen LogP contribution is 2.21. The Morgan fingerprint density at radius 1 is 1.00 bits per heavy atom. The average Bonchev–Trinajstić information content (AvgIpc) is 3.03. The van der Waals surface area contributed by atoms with Gasteiger partial charge in [0.1, 0.15) is 5.69 Å². The molecule has 0 saturated heterocycles. The summed E-state index contributed by atoms with van der Waals surface area (Å²) >= 11 is 0. The van der Waals surface area contributed by atoms with Gasteiger partial charge in [-0.1, -0.05) is 30.3 Å². The average molecular weight is 363 g/mol. The third kappa shape index (κ3) is 3.10. The molecule has 0 atom stereocenters. The maximum Gasteiger partial charge on any atom is 0.172 e. The van der Waals surface area contributed by atoms with E-state index in [-0.39, 0.29) is 17.9 Å². The summed E-state index contributed by atoms with van der Waals surface area (Å²) in [5, 5.41) is 5.01. The van der Waals surface area contributed by atoms with Crippen LogP contribution in [-0.2, 0) is 6.42 Å². The van der Waals surface area contributed by atoms with E-state index in [1.54, 1.807) is 13.0 Å². The second-order valence-electron chi connectivity index (χ2n) is 6.22. The van der Waals surface area contributed by atoms with Crippen molar-refractivity contribution >= 4 is 16.7 Å². The number of nitrogens with zero attached hydrogens (tertiary/aromatic N) is 3. The molecule has 0 bridgehead atoms. The number of hydrogen-bond donors (Lipinski definition) is 0. The van der Waals surface area contributed by atoms with Gasteiger partial charge in [0.15, 0.2) is 17.4 Å². The molecule has 0 radical (unpaired) electrons. The van der Waals surface area contributed by atoms with Gasteiger partial charge in [-0.05, 0) is 31.2 Å². The van der Waals surface area contributed by atoms with Crippen LogP contribution in [0, 0.1) is 18.6 Å². The summed E-state index contributed by atoms with van der Waals surface area (Å²) < 4.78 is 29.2. The highest BCUT2D eigenvalue weighted by Gasteiger charge is 2.20. The molecule has 0 saturated carbocycles. The third-order valence-corrected chi connectivity index (χ3v) is 4.46. The van der Waals surface area contributed by atoms with Gasteiger partial charge in [-0.25, -0.2) is 13.5 Å². The van der Waals surface area contributed by atoms with Crippen LogP contribution in [0.15, 0.2) is 60.8 Å². The van der Waals surface area contributed by atoms with Gasteiger partial charge >= 0.3 is 0 Å². The summed E-state index contributed by atoms with van der Waals surface area (Å²) in [5.41, 5.74) is 1.84. The number of benzene rings is 2. The molecule has 4 nitrogen and oxygen atoms in total. The zero-order valence-corrected chi connectivity index (χ0v) is 14.5. The van der Waals surface area contributed by atoms with E-state index in [0.29, 0.717) is 17.0 Å². The molecule has 0 spiro atoms. The maximum absolute atomic E-state index is 14.0. The van der Waals surface area contributed by atoms with Crippen LogP contribution in [0.25, 0.3) is 16.6 Å². The summed E-state index contributed by atoms with van der Waals surface area (Å²) in [7, 11) is 0. The number of ketones is 1. The van der Waals surface area contributed by atoms with Gasteiger partial charge in [-0.3, -0.25) is 9.78 Å². The molecule has 4 rings (SSSR count). The predicted molar refractivity (Wildman–Crippen MR) is 98.0 cm³/mol. The Bertz CT molecular complexity index is 1150. The van der Waals surface area contributed by atoms with E-state index >= 15 is 0 Å². The Hall–Kier alpha value is -3.41. The fourth-order valence-corrected chi connectivity index (χ4v) is 3.07. The molecule has 27 heavy (non-hydrogen) atoms. The number of fused-ring (bicyclic) bond motifs is 1. The van der Waals surface area contributed by atoms with Gasteiger partial charge in [-0.15, -0.1) is 0 Å². The number of carbonyl (C=O) groups excluding carboxylic acids is 1. The lowest BCUT2D eigenvalue weighted by molar-refractivity contribution is 0.0991. The minimum absolute atomic E-state index is 0.0805. The first-order valence-corrected chi connectivity index (χ1v) is 8.41. The summed E-state index contributed by atoms with van der Waals surface area (Å²) in [6.07, 6.45) is 1.42. The van der Waals surface area contributed by atoms with Crippen molar-refractivity contribution in [3.8, 4) is 5.69 Å². The normalized spacial score (nSPS) is 11.1. The molecule has 2 aromatic heterocycles. The number of para-hydroxylation sites is 2. The van der Waals surface area contributed by atoms with E-state index in [1.165, 1.54) is 12.3 Å². The Labute approximate surface area is 154 Å². The highest BCUT2D eigenvalue weighted by atomic mass is 19.1. The van der Waals surface area contributed by atoms with Gasteiger partial charge in [0.2, 0.25) is 0 Å². The molecule has 2 heterocycles. The Morgan fingerprint density at radius 2 is 1.74 bits per heavy atom. The standard InChI is InChI=1S/C21H15F2N3O/c1-13-16(12-24-26(13)21-17(22)6-4-7-18(21)23)20(27)11-15-10-9-14-5-2-3-8-19(14)25-15/h2-10,12H,11H2,1H3. The molecule has 2 aromatic carbocycles. The Balaban J connectivity index is 1.65. The van der Waals surface area contributed by atoms with E-state index in [1.807, 2.05) is 30.3 Å². The predicted octanol–water partition coefficient (Wildman–Crippen LogP) is 4.43. The van der Waals surface area contributed by atoms with Crippen LogP contribution in [0.1, 0.15) is 21.7 Å². The number of halogens is 2. The molecule has 6 heteroatoms.